The molecule has 0 N–H and O–H groups in total. The fraction of sp³-hybridized carbons (Fsp3) is 0.273. The number of rotatable bonds is 1. The third-order valence-corrected chi connectivity index (χ3v) is 2.92. The zero-order chi connectivity index (χ0) is 13.4. The summed E-state index contributed by atoms with van der Waals surface area (Å²) >= 11 is 0. The van der Waals surface area contributed by atoms with E-state index in [4.69, 9.17) is 0 Å². The summed E-state index contributed by atoms with van der Waals surface area (Å²) in [7, 11) is 0. The van der Waals surface area contributed by atoms with Gasteiger partial charge in [0.15, 0.2) is 23.3 Å². The fourth-order valence-corrected chi connectivity index (χ4v) is 1.97. The van der Waals surface area contributed by atoms with E-state index in [0.717, 1.165) is 12.1 Å². The lowest BCUT2D eigenvalue weighted by Gasteiger charge is -2.19. The Hall–Kier alpha value is -1.40. The van der Waals surface area contributed by atoms with Gasteiger partial charge in [0.25, 0.3) is 0 Å². The van der Waals surface area contributed by atoms with Crippen LogP contribution in [0.4, 0.5) is 26.3 Å². The predicted octanol–water partition coefficient (Wildman–Crippen LogP) is 3.93. The summed E-state index contributed by atoms with van der Waals surface area (Å²) < 4.78 is 78.5. The van der Waals surface area contributed by atoms with Crippen LogP contribution in [0.1, 0.15) is 17.9 Å². The second kappa shape index (κ2) is 4.70. The van der Waals surface area contributed by atoms with E-state index >= 15 is 0 Å². The lowest BCUT2D eigenvalue weighted by atomic mass is 9.61. The van der Waals surface area contributed by atoms with Crippen molar-refractivity contribution in [1.82, 2.24) is 0 Å². The SMILES string of the molecule is FB1C=CC(c2c(F)c(F)c(F)c(F)c2F)CC1. The Kier molecular flexibility index (Phi) is 3.41. The van der Waals surface area contributed by atoms with Gasteiger partial charge in [0.1, 0.15) is 0 Å². The molecule has 0 amide bonds. The largest absolute Gasteiger partial charge is 0.373 e. The van der Waals surface area contributed by atoms with Crippen LogP contribution >= 0.6 is 0 Å². The summed E-state index contributed by atoms with van der Waals surface area (Å²) in [5.41, 5.74) is -0.894. The van der Waals surface area contributed by atoms with E-state index in [9.17, 15) is 26.3 Å². The Morgan fingerprint density at radius 2 is 1.39 bits per heavy atom. The average Bonchev–Trinajstić information content (AvgIpc) is 2.36. The van der Waals surface area contributed by atoms with Crippen LogP contribution < -0.4 is 0 Å². The third kappa shape index (κ3) is 2.02. The lowest BCUT2D eigenvalue weighted by Crippen LogP contribution is -2.15. The van der Waals surface area contributed by atoms with Gasteiger partial charge in [-0.05, 0) is 12.7 Å². The first-order valence-electron chi connectivity index (χ1n) is 5.27. The molecule has 0 saturated carbocycles. The van der Waals surface area contributed by atoms with Gasteiger partial charge in [-0.2, -0.15) is 0 Å². The first-order chi connectivity index (χ1) is 8.43. The maximum atomic E-state index is 13.4. The predicted molar refractivity (Wildman–Crippen MR) is 54.4 cm³/mol. The summed E-state index contributed by atoms with van der Waals surface area (Å²) in [5.74, 6) is -9.76. The Balaban J connectivity index is 2.55. The lowest BCUT2D eigenvalue weighted by molar-refractivity contribution is 0.366. The topological polar surface area (TPSA) is 0 Å². The van der Waals surface area contributed by atoms with Crippen molar-refractivity contribution in [3.05, 3.63) is 46.7 Å². The van der Waals surface area contributed by atoms with Gasteiger partial charge >= 0.3 is 6.99 Å². The smallest absolute Gasteiger partial charge is 0.330 e. The van der Waals surface area contributed by atoms with Crippen molar-refractivity contribution in [3.63, 3.8) is 0 Å². The van der Waals surface area contributed by atoms with Crippen molar-refractivity contribution in [2.45, 2.75) is 18.7 Å². The molecule has 7 heteroatoms. The van der Waals surface area contributed by atoms with Gasteiger partial charge in [-0.15, -0.1) is 0 Å². The van der Waals surface area contributed by atoms with Crippen molar-refractivity contribution in [3.8, 4) is 0 Å². The van der Waals surface area contributed by atoms with Crippen LogP contribution in [-0.2, 0) is 0 Å². The van der Waals surface area contributed by atoms with Crippen LogP contribution in [0.5, 0.6) is 0 Å². The molecule has 1 heterocycles. The van der Waals surface area contributed by atoms with Crippen LogP contribution in [0.3, 0.4) is 0 Å². The number of allylic oxidation sites excluding steroid dienone is 1. The molecule has 1 aromatic rings. The quantitative estimate of drug-likeness (QED) is 0.312. The van der Waals surface area contributed by atoms with Crippen molar-refractivity contribution >= 4 is 6.99 Å². The number of benzene rings is 1. The Morgan fingerprint density at radius 1 is 0.889 bits per heavy atom. The van der Waals surface area contributed by atoms with Crippen LogP contribution in [0.2, 0.25) is 6.32 Å². The van der Waals surface area contributed by atoms with Crippen molar-refractivity contribution in [2.24, 2.45) is 0 Å². The van der Waals surface area contributed by atoms with Crippen LogP contribution in [0.15, 0.2) is 12.1 Å². The minimum Gasteiger partial charge on any atom is -0.330 e. The molecule has 0 spiro atoms. The van der Waals surface area contributed by atoms with Gasteiger partial charge in [-0.25, -0.2) is 22.0 Å². The Labute approximate surface area is 99.4 Å². The average molecular weight is 264 g/mol. The highest BCUT2D eigenvalue weighted by atomic mass is 19.2. The first kappa shape index (κ1) is 13.0. The summed E-state index contributed by atoms with van der Waals surface area (Å²) in [6, 6.07) is 0. The molecular weight excluding hydrogens is 257 g/mol. The van der Waals surface area contributed by atoms with Gasteiger partial charge in [-0.3, -0.25) is 0 Å². The zero-order valence-electron chi connectivity index (χ0n) is 8.99. The van der Waals surface area contributed by atoms with E-state index in [-0.39, 0.29) is 12.7 Å². The number of halogens is 6. The van der Waals surface area contributed by atoms with Crippen molar-refractivity contribution < 1.29 is 26.3 Å². The summed E-state index contributed by atoms with van der Waals surface area (Å²) in [4.78, 5) is 0. The van der Waals surface area contributed by atoms with E-state index in [1.54, 1.807) is 0 Å². The van der Waals surface area contributed by atoms with Gasteiger partial charge in [-0.1, -0.05) is 12.1 Å². The summed E-state index contributed by atoms with van der Waals surface area (Å²) in [6.45, 7) is -1.25. The van der Waals surface area contributed by atoms with Crippen LogP contribution in [-0.4, -0.2) is 6.99 Å². The molecule has 2 rings (SSSR count). The van der Waals surface area contributed by atoms with Gasteiger partial charge in [0.05, 0.1) is 0 Å². The second-order valence-corrected chi connectivity index (χ2v) is 4.07. The molecule has 1 aliphatic heterocycles. The molecule has 0 fully saturated rings. The van der Waals surface area contributed by atoms with Crippen LogP contribution in [0, 0.1) is 29.1 Å². The molecule has 0 aromatic heterocycles. The molecule has 1 aliphatic rings. The molecular formula is C11H7BF6. The monoisotopic (exact) mass is 264 g/mol. The van der Waals surface area contributed by atoms with Gasteiger partial charge in [0.2, 0.25) is 5.82 Å². The maximum Gasteiger partial charge on any atom is 0.373 e. The summed E-state index contributed by atoms with van der Waals surface area (Å²) in [6.07, 6.45) is 1.11. The molecule has 1 unspecified atom stereocenters. The molecule has 0 nitrogen and oxygen atoms in total. The van der Waals surface area contributed by atoms with Gasteiger partial charge < -0.3 is 4.32 Å². The third-order valence-electron chi connectivity index (χ3n) is 2.92. The second-order valence-electron chi connectivity index (χ2n) is 4.07. The molecule has 0 aliphatic carbocycles. The minimum atomic E-state index is -2.18. The number of hydrogen-bond acceptors (Lipinski definition) is 0. The standard InChI is InChI=1S/C11H7BF6/c13-7-6(5-1-3-12(18)4-2-5)8(14)10(16)11(17)9(7)15/h1,3,5H,2,4H2. The molecule has 96 valence electrons. The number of hydrogen-bond donors (Lipinski definition) is 0. The first-order valence-corrected chi connectivity index (χ1v) is 5.27. The van der Waals surface area contributed by atoms with Crippen molar-refractivity contribution in [2.75, 3.05) is 0 Å². The van der Waals surface area contributed by atoms with E-state index in [0.29, 0.717) is 0 Å². The molecule has 1 atom stereocenters. The normalized spacial score (nSPS) is 19.4. The molecule has 0 radical (unpaired) electrons. The van der Waals surface area contributed by atoms with Crippen molar-refractivity contribution in [1.29, 1.82) is 0 Å². The Bertz CT molecular complexity index is 484. The highest BCUT2D eigenvalue weighted by molar-refractivity contribution is 6.57. The van der Waals surface area contributed by atoms with E-state index < -0.39 is 47.6 Å². The minimum absolute atomic E-state index is 0.00395. The molecule has 18 heavy (non-hydrogen) atoms. The highest BCUT2D eigenvalue weighted by Gasteiger charge is 2.31. The Morgan fingerprint density at radius 3 is 1.83 bits per heavy atom. The zero-order valence-corrected chi connectivity index (χ0v) is 8.99. The van der Waals surface area contributed by atoms with E-state index in [2.05, 4.69) is 0 Å². The molecule has 1 aromatic carbocycles. The summed E-state index contributed by atoms with van der Waals surface area (Å²) in [5, 5.41) is 0. The highest BCUT2D eigenvalue weighted by Crippen LogP contribution is 2.34. The van der Waals surface area contributed by atoms with Gasteiger partial charge in [0, 0.05) is 11.5 Å². The molecule has 0 bridgehead atoms. The molecule has 0 saturated heterocycles. The van der Waals surface area contributed by atoms with E-state index in [1.807, 2.05) is 0 Å². The fourth-order valence-electron chi connectivity index (χ4n) is 1.97. The maximum absolute atomic E-state index is 13.4. The van der Waals surface area contributed by atoms with Crippen LogP contribution in [0.25, 0.3) is 0 Å². The van der Waals surface area contributed by atoms with E-state index in [1.165, 1.54) is 0 Å².